The van der Waals surface area contributed by atoms with Gasteiger partial charge >= 0.3 is 0 Å². The van der Waals surface area contributed by atoms with E-state index in [1.54, 1.807) is 18.2 Å². The molecule has 2 fully saturated rings. The number of benzene rings is 3. The number of carbonyl (C=O) groups is 2. The Bertz CT molecular complexity index is 1790. The average Bonchev–Trinajstić information content (AvgIpc) is 3.69. The van der Waals surface area contributed by atoms with Crippen LogP contribution < -0.4 is 9.47 Å². The van der Waals surface area contributed by atoms with Crippen molar-refractivity contribution in [3.8, 4) is 17.2 Å². The number of rotatable bonds is 8. The molecule has 3 aromatic rings. The molecule has 1 saturated carbocycles. The van der Waals surface area contributed by atoms with Crippen molar-refractivity contribution in [2.24, 2.45) is 5.92 Å². The Morgan fingerprint density at radius 3 is 2.66 bits per heavy atom. The van der Waals surface area contributed by atoms with Gasteiger partial charge in [-0.15, -0.1) is 0 Å². The molecule has 3 aromatic carbocycles. The first-order chi connectivity index (χ1) is 22.6. The number of nitrogens with zero attached hydrogens (tertiary/aromatic N) is 1. The summed E-state index contributed by atoms with van der Waals surface area (Å²) in [6, 6.07) is 10.3. The van der Waals surface area contributed by atoms with Crippen LogP contribution in [0, 0.1) is 5.92 Å². The highest BCUT2D eigenvalue weighted by molar-refractivity contribution is 6.13. The zero-order chi connectivity index (χ0) is 33.2. The van der Waals surface area contributed by atoms with Gasteiger partial charge in [0.1, 0.15) is 35.6 Å². The van der Waals surface area contributed by atoms with Crippen molar-refractivity contribution in [3.63, 3.8) is 0 Å². The highest BCUT2D eigenvalue weighted by atomic mass is 16.7. The second-order valence-electron chi connectivity index (χ2n) is 12.8. The summed E-state index contributed by atoms with van der Waals surface area (Å²) >= 11 is 0. The van der Waals surface area contributed by atoms with Gasteiger partial charge in [-0.3, -0.25) is 9.59 Å². The second-order valence-corrected chi connectivity index (χ2v) is 12.8. The number of Topliss-reactive ketones (excluding diaryl/α,β-unsaturated/α-hetero) is 1. The number of ketones is 1. The molecule has 0 aromatic heterocycles. The summed E-state index contributed by atoms with van der Waals surface area (Å²) in [4.78, 5) is 29.0. The van der Waals surface area contributed by atoms with Crippen molar-refractivity contribution in [2.45, 2.75) is 61.9 Å². The molecule has 1 saturated heterocycles. The SMILES string of the molecule is COc1cc(OC2OC(CO)C(O)C(O)C2(O)CO)c2c(O)c(C(=O)CN3Cc4ccccc4C3=O)c3c(c2c1)C=CC1CCCC31. The van der Waals surface area contributed by atoms with Crippen LogP contribution in [0.5, 0.6) is 17.2 Å². The van der Waals surface area contributed by atoms with E-state index in [-0.39, 0.29) is 47.5 Å². The number of allylic oxidation sites excluding steroid dienone is 1. The number of aliphatic hydroxyl groups excluding tert-OH is 4. The van der Waals surface area contributed by atoms with E-state index in [0.717, 1.165) is 24.8 Å². The predicted octanol–water partition coefficient (Wildman–Crippen LogP) is 1.84. The Kier molecular flexibility index (Phi) is 7.98. The van der Waals surface area contributed by atoms with Crippen molar-refractivity contribution in [1.29, 1.82) is 0 Å². The van der Waals surface area contributed by atoms with Crippen molar-refractivity contribution >= 4 is 28.5 Å². The van der Waals surface area contributed by atoms with E-state index < -0.39 is 54.9 Å². The van der Waals surface area contributed by atoms with Gasteiger partial charge in [0.15, 0.2) is 11.4 Å². The topological polar surface area (TPSA) is 186 Å². The van der Waals surface area contributed by atoms with Gasteiger partial charge in [0, 0.05) is 23.6 Å². The molecule has 12 nitrogen and oxygen atoms in total. The number of phenols is 1. The average molecular weight is 648 g/mol. The lowest BCUT2D eigenvalue weighted by Gasteiger charge is -2.46. The summed E-state index contributed by atoms with van der Waals surface area (Å²) < 4.78 is 17.3. The summed E-state index contributed by atoms with van der Waals surface area (Å²) in [5.74, 6) is -0.806. The molecule has 248 valence electrons. The summed E-state index contributed by atoms with van der Waals surface area (Å²) in [7, 11) is 1.44. The van der Waals surface area contributed by atoms with Gasteiger partial charge in [0.25, 0.3) is 5.91 Å². The third-order valence-electron chi connectivity index (χ3n) is 10.2. The number of ether oxygens (including phenoxy) is 3. The number of aliphatic hydroxyl groups is 5. The molecule has 2 aliphatic carbocycles. The molecule has 47 heavy (non-hydrogen) atoms. The predicted molar refractivity (Wildman–Crippen MR) is 167 cm³/mol. The number of carbonyl (C=O) groups excluding carboxylic acids is 2. The van der Waals surface area contributed by atoms with Gasteiger partial charge < -0.3 is 49.7 Å². The Morgan fingerprint density at radius 1 is 1.15 bits per heavy atom. The molecule has 0 radical (unpaired) electrons. The first kappa shape index (κ1) is 31.6. The van der Waals surface area contributed by atoms with Gasteiger partial charge in [-0.05, 0) is 53.5 Å². The molecule has 4 aliphatic rings. The van der Waals surface area contributed by atoms with Crippen LogP contribution in [0.1, 0.15) is 62.6 Å². The Morgan fingerprint density at radius 2 is 1.94 bits per heavy atom. The smallest absolute Gasteiger partial charge is 0.254 e. The van der Waals surface area contributed by atoms with E-state index in [9.17, 15) is 40.2 Å². The summed E-state index contributed by atoms with van der Waals surface area (Å²) in [5, 5.41) is 64.9. The van der Waals surface area contributed by atoms with Gasteiger partial charge in [0.2, 0.25) is 6.29 Å². The first-order valence-electron chi connectivity index (χ1n) is 15.7. The van der Waals surface area contributed by atoms with E-state index in [1.807, 2.05) is 18.2 Å². The van der Waals surface area contributed by atoms with Gasteiger partial charge in [-0.25, -0.2) is 0 Å². The zero-order valence-electron chi connectivity index (χ0n) is 25.7. The third kappa shape index (κ3) is 4.90. The lowest BCUT2D eigenvalue weighted by molar-refractivity contribution is -0.327. The molecular weight excluding hydrogens is 610 g/mol. The molecular formula is C35H37NO11. The molecule has 7 unspecified atom stereocenters. The number of fused-ring (bicyclic) bond motifs is 6. The number of methoxy groups -OCH3 is 1. The normalized spacial score (nSPS) is 29.5. The van der Waals surface area contributed by atoms with Crippen LogP contribution in [-0.4, -0.2) is 104 Å². The fourth-order valence-electron chi connectivity index (χ4n) is 7.69. The van der Waals surface area contributed by atoms with Crippen LogP contribution in [0.2, 0.25) is 0 Å². The van der Waals surface area contributed by atoms with Crippen LogP contribution in [0.3, 0.4) is 0 Å². The molecule has 1 amide bonds. The van der Waals surface area contributed by atoms with E-state index >= 15 is 0 Å². The lowest BCUT2D eigenvalue weighted by Crippen LogP contribution is -2.69. The van der Waals surface area contributed by atoms with Gasteiger partial charge in [-0.2, -0.15) is 0 Å². The van der Waals surface area contributed by atoms with E-state index in [0.29, 0.717) is 27.8 Å². The minimum absolute atomic E-state index is 0.0469. The van der Waals surface area contributed by atoms with E-state index in [2.05, 4.69) is 6.08 Å². The number of phenolic OH excluding ortho intramolecular Hbond substituents is 1. The van der Waals surface area contributed by atoms with Gasteiger partial charge in [-0.1, -0.05) is 36.8 Å². The molecule has 2 heterocycles. The fraction of sp³-hybridized carbons (Fsp3) is 0.429. The van der Waals surface area contributed by atoms with Crippen molar-refractivity contribution in [3.05, 3.63) is 70.3 Å². The Balaban J connectivity index is 1.38. The van der Waals surface area contributed by atoms with Crippen LogP contribution in [-0.2, 0) is 11.3 Å². The minimum Gasteiger partial charge on any atom is -0.506 e. The number of aromatic hydroxyl groups is 1. The van der Waals surface area contributed by atoms with Crippen molar-refractivity contribution in [2.75, 3.05) is 26.9 Å². The summed E-state index contributed by atoms with van der Waals surface area (Å²) in [5.41, 5.74) is 0.240. The van der Waals surface area contributed by atoms with E-state index in [1.165, 1.54) is 18.1 Å². The molecule has 0 spiro atoms. The zero-order valence-corrected chi connectivity index (χ0v) is 25.7. The van der Waals surface area contributed by atoms with Crippen LogP contribution >= 0.6 is 0 Å². The number of hydrogen-bond donors (Lipinski definition) is 6. The molecule has 6 N–H and O–H groups in total. The molecule has 12 heteroatoms. The fourth-order valence-corrected chi connectivity index (χ4v) is 7.69. The highest BCUT2D eigenvalue weighted by Gasteiger charge is 2.56. The van der Waals surface area contributed by atoms with Crippen LogP contribution in [0.4, 0.5) is 0 Å². The van der Waals surface area contributed by atoms with Crippen molar-refractivity contribution < 1.29 is 54.4 Å². The van der Waals surface area contributed by atoms with Crippen molar-refractivity contribution in [1.82, 2.24) is 4.90 Å². The Hall–Kier alpha value is -4.04. The second kappa shape index (κ2) is 11.9. The number of amides is 1. The molecule has 2 aliphatic heterocycles. The largest absolute Gasteiger partial charge is 0.506 e. The minimum atomic E-state index is -2.54. The monoisotopic (exact) mass is 647 g/mol. The highest BCUT2D eigenvalue weighted by Crippen LogP contribution is 2.53. The lowest BCUT2D eigenvalue weighted by atomic mass is 9.76. The Labute approximate surface area is 270 Å². The third-order valence-corrected chi connectivity index (χ3v) is 10.2. The van der Waals surface area contributed by atoms with Crippen LogP contribution in [0.25, 0.3) is 16.8 Å². The maximum atomic E-state index is 14.3. The standard InChI is InChI=1S/C35H37NO11/c1-45-19-11-23-22-10-9-17-6-4-8-20(17)27(22)29(24(39)14-36-13-18-5-2-3-7-21(18)33(36)43)31(41)28(23)25(12-19)46-34-35(44,16-38)32(42)30(40)26(15-37)47-34/h2-3,5,7,9-12,17,20,26,30,32,34,37-38,40-42,44H,4,6,8,13-16H2,1H3. The number of hydrogen-bond acceptors (Lipinski definition) is 11. The molecule has 0 bridgehead atoms. The molecule has 7 atom stereocenters. The summed E-state index contributed by atoms with van der Waals surface area (Å²) in [6.07, 6.45) is -0.222. The van der Waals surface area contributed by atoms with E-state index in [4.69, 9.17) is 14.2 Å². The first-order valence-corrected chi connectivity index (χ1v) is 15.7. The van der Waals surface area contributed by atoms with Gasteiger partial charge in [0.05, 0.1) is 37.8 Å². The molecule has 7 rings (SSSR count). The quantitative estimate of drug-likeness (QED) is 0.196. The maximum Gasteiger partial charge on any atom is 0.254 e. The van der Waals surface area contributed by atoms with Crippen LogP contribution in [0.15, 0.2) is 42.5 Å². The maximum absolute atomic E-state index is 14.3. The summed E-state index contributed by atoms with van der Waals surface area (Å²) in [6.45, 7) is -1.83.